The number of furan rings is 2. The van der Waals surface area contributed by atoms with Crippen LogP contribution in [0.3, 0.4) is 0 Å². The molecule has 0 saturated carbocycles. The van der Waals surface area contributed by atoms with E-state index in [1.54, 1.807) is 0 Å². The van der Waals surface area contributed by atoms with Gasteiger partial charge in [-0.2, -0.15) is 0 Å². The van der Waals surface area contributed by atoms with E-state index in [1.807, 2.05) is 145 Å². The Balaban J connectivity index is 0.000000143. The Hall–Kier alpha value is -14.6. The molecule has 0 bridgehead atoms. The molecule has 0 saturated heterocycles. The molecule has 8 nitrogen and oxygen atoms in total. The summed E-state index contributed by atoms with van der Waals surface area (Å²) < 4.78 is 15.5. The molecular weight excluding hydrogens is 1370 g/mol. The average Bonchev–Trinajstić information content (AvgIpc) is 1.76. The lowest BCUT2D eigenvalue weighted by Crippen LogP contribution is -2.00. The molecule has 0 spiro atoms. The van der Waals surface area contributed by atoms with Gasteiger partial charge in [0.2, 0.25) is 0 Å². The molecule has 0 aliphatic carbocycles. The SMILES string of the molecule is c1ccc(-c2nc(-c3ccccc3)nc(-c3ccc4c(c3)oc3ccc(-c5ccc(-c6ccc(-c7ccc8c9ccccc9c9ccccc9c8c7)cc6)cc5)cc34)n2)cc1.c1ccc(-c2nc(-c3ccccc3)nc(-c3ccc4c(c3)oc3ccc(-c5ccc(-c6ccc7sc8ccccc8c7c6)cc5)cc34)n2)cc1. The molecule has 0 fully saturated rings. The highest BCUT2D eigenvalue weighted by molar-refractivity contribution is 7.25. The van der Waals surface area contributed by atoms with E-state index in [0.717, 1.165) is 99.5 Å². The number of rotatable bonds is 11. The normalized spacial score (nSPS) is 11.6. The molecule has 0 aliphatic heterocycles. The monoisotopic (exact) mass is 1430 g/mol. The summed E-state index contributed by atoms with van der Waals surface area (Å²) in [5.41, 5.74) is 20.6. The summed E-state index contributed by atoms with van der Waals surface area (Å²) in [6, 6.07) is 132. The molecule has 0 radical (unpaired) electrons. The van der Waals surface area contributed by atoms with E-state index in [9.17, 15) is 0 Å². The van der Waals surface area contributed by atoms with Gasteiger partial charge in [-0.3, -0.25) is 0 Å². The molecule has 0 amide bonds. The van der Waals surface area contributed by atoms with Gasteiger partial charge in [0.1, 0.15) is 22.3 Å². The average molecular weight is 1440 g/mol. The Morgan fingerprint density at radius 3 is 0.784 bits per heavy atom. The topological polar surface area (TPSA) is 104 Å². The molecule has 22 rings (SSSR count). The van der Waals surface area contributed by atoms with E-state index in [1.165, 1.54) is 85.9 Å². The van der Waals surface area contributed by atoms with Gasteiger partial charge in [-0.15, -0.1) is 11.3 Å². The van der Waals surface area contributed by atoms with E-state index in [0.29, 0.717) is 34.9 Å². The van der Waals surface area contributed by atoms with Gasteiger partial charge >= 0.3 is 0 Å². The second kappa shape index (κ2) is 27.3. The third-order valence-electron chi connectivity index (χ3n) is 21.3. The zero-order valence-electron chi connectivity index (χ0n) is 59.7. The fourth-order valence-electron chi connectivity index (χ4n) is 15.6. The van der Waals surface area contributed by atoms with Crippen LogP contribution in [0, 0.1) is 0 Å². The van der Waals surface area contributed by atoms with Crippen molar-refractivity contribution in [3.63, 3.8) is 0 Å². The summed E-state index contributed by atoms with van der Waals surface area (Å²) >= 11 is 1.85. The first kappa shape index (κ1) is 64.7. The molecule has 22 aromatic rings. The fraction of sp³-hybridized carbons (Fsp3) is 0. The van der Waals surface area contributed by atoms with Crippen molar-refractivity contribution >= 4 is 108 Å². The van der Waals surface area contributed by atoms with E-state index in [2.05, 4.69) is 243 Å². The molecule has 518 valence electrons. The molecular formula is C102H62N6O2S. The van der Waals surface area contributed by atoms with Crippen LogP contribution in [0.5, 0.6) is 0 Å². The van der Waals surface area contributed by atoms with Crippen molar-refractivity contribution in [1.29, 1.82) is 0 Å². The van der Waals surface area contributed by atoms with Gasteiger partial charge in [-0.1, -0.05) is 303 Å². The highest BCUT2D eigenvalue weighted by atomic mass is 32.1. The molecule has 9 heteroatoms. The number of hydrogen-bond acceptors (Lipinski definition) is 9. The maximum Gasteiger partial charge on any atom is 0.164 e. The van der Waals surface area contributed by atoms with Gasteiger partial charge in [0.05, 0.1) is 0 Å². The van der Waals surface area contributed by atoms with Gasteiger partial charge in [-0.25, -0.2) is 29.9 Å². The molecule has 17 aromatic carbocycles. The molecule has 0 unspecified atom stereocenters. The zero-order valence-corrected chi connectivity index (χ0v) is 60.5. The number of aromatic nitrogens is 6. The van der Waals surface area contributed by atoms with Crippen LogP contribution >= 0.6 is 11.3 Å². The predicted molar refractivity (Wildman–Crippen MR) is 459 cm³/mol. The zero-order chi connectivity index (χ0) is 73.3. The van der Waals surface area contributed by atoms with Crippen LogP contribution in [-0.4, -0.2) is 29.9 Å². The van der Waals surface area contributed by atoms with Gasteiger partial charge in [0, 0.05) is 75.1 Å². The van der Waals surface area contributed by atoms with E-state index >= 15 is 0 Å². The first-order chi connectivity index (χ1) is 54.9. The minimum Gasteiger partial charge on any atom is -0.456 e. The minimum atomic E-state index is 0.599. The highest BCUT2D eigenvalue weighted by Crippen LogP contribution is 2.43. The molecule has 111 heavy (non-hydrogen) atoms. The fourth-order valence-corrected chi connectivity index (χ4v) is 16.7. The van der Waals surface area contributed by atoms with E-state index in [-0.39, 0.29) is 0 Å². The number of fused-ring (bicyclic) bond motifs is 15. The molecule has 5 heterocycles. The summed E-state index contributed by atoms with van der Waals surface area (Å²) in [6.07, 6.45) is 0. The first-order valence-corrected chi connectivity index (χ1v) is 38.0. The van der Waals surface area contributed by atoms with Crippen LogP contribution < -0.4 is 0 Å². The van der Waals surface area contributed by atoms with Crippen LogP contribution in [0.25, 0.3) is 220 Å². The van der Waals surface area contributed by atoms with Crippen molar-refractivity contribution in [2.75, 3.05) is 0 Å². The van der Waals surface area contributed by atoms with Crippen molar-refractivity contribution < 1.29 is 8.83 Å². The van der Waals surface area contributed by atoms with Gasteiger partial charge in [0.25, 0.3) is 0 Å². The van der Waals surface area contributed by atoms with E-state index in [4.69, 9.17) is 38.7 Å². The highest BCUT2D eigenvalue weighted by Gasteiger charge is 2.20. The Morgan fingerprint density at radius 1 is 0.144 bits per heavy atom. The van der Waals surface area contributed by atoms with Crippen molar-refractivity contribution in [2.45, 2.75) is 0 Å². The van der Waals surface area contributed by atoms with Crippen LogP contribution in [0.1, 0.15) is 0 Å². The third-order valence-corrected chi connectivity index (χ3v) is 22.5. The lowest BCUT2D eigenvalue weighted by atomic mass is 9.91. The standard InChI is InChI=1S/C57H35N3O.C45H27N3OS/c1-3-11-40(12-4-1)55-58-56(41-13-5-2-6-14-41)60-57(59-55)44-28-31-50-52-34-43(29-32-53(52)61-54(50)35-44)39-25-21-37(22-26-39)36-19-23-38(24-20-36)42-27-30-49-47-17-8-7-15-45(47)46-16-9-10-18-48(46)51(49)33-42;1-3-9-30(10-4-1)43-46-44(31-11-5-2-6-12-31)48-45(47-43)34-19-22-35-37-25-32(20-23-39(37)49-40(35)27-34)28-15-17-29(18-16-28)33-21-24-42-38(26-33)36-13-7-8-14-41(36)50-42/h1-35H;1-27H. The second-order valence-electron chi connectivity index (χ2n) is 28.0. The van der Waals surface area contributed by atoms with E-state index < -0.39 is 0 Å². The number of thiophene rings is 1. The summed E-state index contributed by atoms with van der Waals surface area (Å²) in [6.45, 7) is 0. The summed E-state index contributed by atoms with van der Waals surface area (Å²) in [7, 11) is 0. The van der Waals surface area contributed by atoms with Crippen molar-refractivity contribution in [1.82, 2.24) is 29.9 Å². The third kappa shape index (κ3) is 12.1. The van der Waals surface area contributed by atoms with Crippen LogP contribution in [0.4, 0.5) is 0 Å². The maximum atomic E-state index is 6.44. The van der Waals surface area contributed by atoms with Gasteiger partial charge in [0.15, 0.2) is 34.9 Å². The Labute approximate surface area is 642 Å². The molecule has 0 atom stereocenters. The van der Waals surface area contributed by atoms with Crippen LogP contribution in [0.15, 0.2) is 385 Å². The molecule has 5 aromatic heterocycles. The summed E-state index contributed by atoms with van der Waals surface area (Å²) in [4.78, 5) is 29.3. The Bertz CT molecular complexity index is 7200. The number of hydrogen-bond donors (Lipinski definition) is 0. The molecule has 0 aliphatic rings. The summed E-state index contributed by atoms with van der Waals surface area (Å²) in [5, 5.41) is 14.6. The van der Waals surface area contributed by atoms with Crippen LogP contribution in [0.2, 0.25) is 0 Å². The molecule has 0 N–H and O–H groups in total. The van der Waals surface area contributed by atoms with Crippen LogP contribution in [-0.2, 0) is 0 Å². The first-order valence-electron chi connectivity index (χ1n) is 37.2. The van der Waals surface area contributed by atoms with Crippen molar-refractivity contribution in [3.05, 3.63) is 376 Å². The number of nitrogens with zero attached hydrogens (tertiary/aromatic N) is 6. The summed E-state index contributed by atoms with van der Waals surface area (Å²) in [5.74, 6) is 3.73. The van der Waals surface area contributed by atoms with Crippen molar-refractivity contribution in [3.8, 4) is 124 Å². The number of benzene rings is 17. The van der Waals surface area contributed by atoms with Crippen molar-refractivity contribution in [2.24, 2.45) is 0 Å². The largest absolute Gasteiger partial charge is 0.456 e. The second-order valence-corrected chi connectivity index (χ2v) is 29.1. The quantitative estimate of drug-likeness (QED) is 0.118. The lowest BCUT2D eigenvalue weighted by molar-refractivity contribution is 0.668. The minimum absolute atomic E-state index is 0.599. The van der Waals surface area contributed by atoms with Gasteiger partial charge < -0.3 is 8.83 Å². The predicted octanol–water partition coefficient (Wildman–Crippen LogP) is 27.7. The van der Waals surface area contributed by atoms with Gasteiger partial charge in [-0.05, 0) is 161 Å². The Kier molecular flexibility index (Phi) is 15.9. The smallest absolute Gasteiger partial charge is 0.164 e. The maximum absolute atomic E-state index is 6.44. The Morgan fingerprint density at radius 2 is 0.396 bits per heavy atom. The lowest BCUT2D eigenvalue weighted by Gasteiger charge is -2.12.